The van der Waals surface area contributed by atoms with Gasteiger partial charge < -0.3 is 10.4 Å². The average molecular weight is 300 g/mol. The Morgan fingerprint density at radius 1 is 1.43 bits per heavy atom. The van der Waals surface area contributed by atoms with Crippen molar-refractivity contribution in [1.82, 2.24) is 5.32 Å². The average Bonchev–Trinajstić information content (AvgIpc) is 3.18. The third kappa shape index (κ3) is 3.33. The molecular formula is C13H14F2N2O4. The summed E-state index contributed by atoms with van der Waals surface area (Å²) in [5.74, 6) is -3.31. The molecule has 1 aliphatic carbocycles. The number of rotatable bonds is 6. The van der Waals surface area contributed by atoms with Crippen LogP contribution < -0.4 is 5.32 Å². The number of nitro groups is 1. The van der Waals surface area contributed by atoms with Crippen LogP contribution in [-0.4, -0.2) is 29.1 Å². The molecule has 8 heteroatoms. The van der Waals surface area contributed by atoms with Gasteiger partial charge in [-0.25, -0.2) is 4.39 Å². The van der Waals surface area contributed by atoms with Gasteiger partial charge in [0.15, 0.2) is 0 Å². The Labute approximate surface area is 118 Å². The number of halogens is 2. The molecule has 114 valence electrons. The Morgan fingerprint density at radius 2 is 2.10 bits per heavy atom. The Kier molecular flexibility index (Phi) is 4.17. The number of aliphatic hydroxyl groups excluding tert-OH is 1. The van der Waals surface area contributed by atoms with Crippen LogP contribution in [0.4, 0.5) is 14.5 Å². The molecule has 1 fully saturated rings. The third-order valence-corrected chi connectivity index (χ3v) is 3.68. The molecule has 1 saturated carbocycles. The number of hydrogen-bond donors (Lipinski definition) is 2. The molecule has 0 aliphatic heterocycles. The summed E-state index contributed by atoms with van der Waals surface area (Å²) in [4.78, 5) is 21.4. The predicted octanol–water partition coefficient (Wildman–Crippen LogP) is 1.77. The topological polar surface area (TPSA) is 92.5 Å². The first-order valence-electron chi connectivity index (χ1n) is 6.41. The molecule has 2 N–H and O–H groups in total. The van der Waals surface area contributed by atoms with E-state index in [0.717, 1.165) is 12.8 Å². The first kappa shape index (κ1) is 15.3. The van der Waals surface area contributed by atoms with Gasteiger partial charge >= 0.3 is 5.69 Å². The first-order chi connectivity index (χ1) is 9.88. The lowest BCUT2D eigenvalue weighted by atomic mass is 10.0. The van der Waals surface area contributed by atoms with Crippen molar-refractivity contribution in [3.8, 4) is 0 Å². The smallest absolute Gasteiger partial charge is 0.308 e. The molecular weight excluding hydrogens is 286 g/mol. The van der Waals surface area contributed by atoms with Gasteiger partial charge in [0, 0.05) is 13.2 Å². The van der Waals surface area contributed by atoms with E-state index in [1.165, 1.54) is 0 Å². The molecule has 1 aromatic carbocycles. The molecule has 1 amide bonds. The molecule has 0 unspecified atom stereocenters. The van der Waals surface area contributed by atoms with Crippen molar-refractivity contribution in [1.29, 1.82) is 0 Å². The van der Waals surface area contributed by atoms with Crippen LogP contribution in [0.3, 0.4) is 0 Å². The summed E-state index contributed by atoms with van der Waals surface area (Å²) >= 11 is 0. The fraction of sp³-hybridized carbons (Fsp3) is 0.462. The zero-order valence-electron chi connectivity index (χ0n) is 11.1. The van der Waals surface area contributed by atoms with E-state index in [1.807, 2.05) is 0 Å². The highest BCUT2D eigenvalue weighted by atomic mass is 19.1. The fourth-order valence-corrected chi connectivity index (χ4v) is 2.17. The van der Waals surface area contributed by atoms with Gasteiger partial charge in [0.25, 0.3) is 5.91 Å². The summed E-state index contributed by atoms with van der Waals surface area (Å²) < 4.78 is 27.1. The van der Waals surface area contributed by atoms with Crippen molar-refractivity contribution in [3.05, 3.63) is 39.4 Å². The lowest BCUT2D eigenvalue weighted by Crippen LogP contribution is -2.31. The highest BCUT2D eigenvalue weighted by Crippen LogP contribution is 2.47. The molecule has 0 spiro atoms. The number of hydrogen-bond acceptors (Lipinski definition) is 4. The second-order valence-corrected chi connectivity index (χ2v) is 5.20. The first-order valence-corrected chi connectivity index (χ1v) is 6.41. The highest BCUT2D eigenvalue weighted by molar-refractivity contribution is 5.95. The molecule has 1 aromatic rings. The van der Waals surface area contributed by atoms with E-state index >= 15 is 0 Å². The minimum atomic E-state index is -1.36. The fourth-order valence-electron chi connectivity index (χ4n) is 2.17. The Hall–Kier alpha value is -2.09. The summed E-state index contributed by atoms with van der Waals surface area (Å²) in [6.45, 7) is 0.200. The van der Waals surface area contributed by atoms with Crippen molar-refractivity contribution < 1.29 is 23.6 Å². The Bertz CT molecular complexity index is 588. The number of aliphatic hydroxyl groups is 1. The summed E-state index contributed by atoms with van der Waals surface area (Å²) in [6, 6.07) is 1.06. The van der Waals surface area contributed by atoms with Crippen molar-refractivity contribution in [3.63, 3.8) is 0 Å². The second-order valence-electron chi connectivity index (χ2n) is 5.20. The van der Waals surface area contributed by atoms with Gasteiger partial charge in [0.05, 0.1) is 16.6 Å². The van der Waals surface area contributed by atoms with Gasteiger partial charge in [0.2, 0.25) is 5.82 Å². The maximum absolute atomic E-state index is 13.8. The van der Waals surface area contributed by atoms with Gasteiger partial charge in [-0.15, -0.1) is 0 Å². The highest BCUT2D eigenvalue weighted by Gasteiger charge is 2.42. The van der Waals surface area contributed by atoms with Crippen molar-refractivity contribution in [2.45, 2.75) is 19.3 Å². The molecule has 2 rings (SSSR count). The van der Waals surface area contributed by atoms with E-state index in [4.69, 9.17) is 5.11 Å². The SMILES string of the molecule is O=C(NCC1(CCO)CC1)c1cc(F)cc([N+](=O)[O-])c1F. The number of benzene rings is 1. The Balaban J connectivity index is 2.14. The number of carbonyl (C=O) groups is 1. The molecule has 0 bridgehead atoms. The van der Waals surface area contributed by atoms with Gasteiger partial charge in [-0.1, -0.05) is 0 Å². The summed E-state index contributed by atoms with van der Waals surface area (Å²) in [5.41, 5.74) is -1.96. The monoisotopic (exact) mass is 300 g/mol. The lowest BCUT2D eigenvalue weighted by molar-refractivity contribution is -0.387. The van der Waals surface area contributed by atoms with Crippen molar-refractivity contribution >= 4 is 11.6 Å². The summed E-state index contributed by atoms with van der Waals surface area (Å²) in [7, 11) is 0. The number of nitro benzene ring substituents is 1. The Morgan fingerprint density at radius 3 is 2.62 bits per heavy atom. The normalized spacial score (nSPS) is 15.6. The van der Waals surface area contributed by atoms with E-state index in [2.05, 4.69) is 5.32 Å². The van der Waals surface area contributed by atoms with Crippen LogP contribution in [0.2, 0.25) is 0 Å². The van der Waals surface area contributed by atoms with E-state index in [1.54, 1.807) is 0 Å². The number of nitrogens with zero attached hydrogens (tertiary/aromatic N) is 1. The molecule has 1 aliphatic rings. The largest absolute Gasteiger partial charge is 0.396 e. The van der Waals surface area contributed by atoms with Crippen LogP contribution >= 0.6 is 0 Å². The quantitative estimate of drug-likeness (QED) is 0.618. The molecule has 6 nitrogen and oxygen atoms in total. The van der Waals surface area contributed by atoms with Crippen LogP contribution in [0.15, 0.2) is 12.1 Å². The van der Waals surface area contributed by atoms with Crippen LogP contribution in [0.1, 0.15) is 29.6 Å². The molecule has 0 atom stereocenters. The van der Waals surface area contributed by atoms with E-state index < -0.39 is 33.7 Å². The van der Waals surface area contributed by atoms with Crippen molar-refractivity contribution in [2.24, 2.45) is 5.41 Å². The number of nitrogens with one attached hydrogen (secondary N) is 1. The van der Waals surface area contributed by atoms with Gasteiger partial charge in [-0.2, -0.15) is 4.39 Å². The zero-order valence-corrected chi connectivity index (χ0v) is 11.1. The molecule has 0 saturated heterocycles. The van der Waals surface area contributed by atoms with Gasteiger partial charge in [-0.3, -0.25) is 14.9 Å². The van der Waals surface area contributed by atoms with Crippen LogP contribution in [0.25, 0.3) is 0 Å². The molecule has 0 radical (unpaired) electrons. The molecule has 0 aromatic heterocycles. The van der Waals surface area contributed by atoms with Crippen LogP contribution in [0, 0.1) is 27.2 Å². The third-order valence-electron chi connectivity index (χ3n) is 3.68. The van der Waals surface area contributed by atoms with E-state index in [0.29, 0.717) is 18.6 Å². The van der Waals surface area contributed by atoms with Crippen LogP contribution in [0.5, 0.6) is 0 Å². The van der Waals surface area contributed by atoms with Crippen LogP contribution in [-0.2, 0) is 0 Å². The maximum atomic E-state index is 13.8. The van der Waals surface area contributed by atoms with Gasteiger partial charge in [-0.05, 0) is 30.7 Å². The van der Waals surface area contributed by atoms with Gasteiger partial charge in [0.1, 0.15) is 5.82 Å². The number of amides is 1. The minimum Gasteiger partial charge on any atom is -0.396 e. The van der Waals surface area contributed by atoms with E-state index in [-0.39, 0.29) is 18.6 Å². The molecule has 21 heavy (non-hydrogen) atoms. The minimum absolute atomic E-state index is 0.0182. The number of carbonyl (C=O) groups excluding carboxylic acids is 1. The zero-order chi connectivity index (χ0) is 15.6. The second kappa shape index (κ2) is 5.72. The maximum Gasteiger partial charge on any atom is 0.308 e. The van der Waals surface area contributed by atoms with E-state index in [9.17, 15) is 23.7 Å². The van der Waals surface area contributed by atoms with Crippen molar-refractivity contribution in [2.75, 3.05) is 13.2 Å². The summed E-state index contributed by atoms with van der Waals surface area (Å²) in [6.07, 6.45) is 2.18. The predicted molar refractivity (Wildman–Crippen MR) is 68.7 cm³/mol. The molecule has 0 heterocycles. The lowest BCUT2D eigenvalue weighted by Gasteiger charge is -2.14. The summed E-state index contributed by atoms with van der Waals surface area (Å²) in [5, 5.41) is 21.9. The standard InChI is InChI=1S/C13H14F2N2O4/c14-8-5-9(11(15)10(6-8)17(20)21)12(19)16-7-13(1-2-13)3-4-18/h5-6,18H,1-4,7H2,(H,16,19).